The van der Waals surface area contributed by atoms with E-state index in [-0.39, 0.29) is 0 Å². The van der Waals surface area contributed by atoms with Crippen molar-refractivity contribution in [3.8, 4) is 11.3 Å². The molecule has 2 aromatic heterocycles. The smallest absolute Gasteiger partial charge is 0.0963 e. The lowest BCUT2D eigenvalue weighted by atomic mass is 10.1. The van der Waals surface area contributed by atoms with E-state index in [0.29, 0.717) is 0 Å². The van der Waals surface area contributed by atoms with E-state index in [2.05, 4.69) is 74.2 Å². The Hall–Kier alpha value is -1.60. The van der Waals surface area contributed by atoms with Gasteiger partial charge in [0.15, 0.2) is 0 Å². The van der Waals surface area contributed by atoms with Gasteiger partial charge in [-0.3, -0.25) is 0 Å². The molecule has 23 heavy (non-hydrogen) atoms. The van der Waals surface area contributed by atoms with Crippen molar-refractivity contribution in [3.63, 3.8) is 0 Å². The van der Waals surface area contributed by atoms with E-state index in [9.17, 15) is 0 Å². The molecule has 1 aliphatic rings. The average Bonchev–Trinajstić information content (AvgIpc) is 2.93. The Kier molecular flexibility index (Phi) is 3.98. The molecule has 5 heteroatoms. The summed E-state index contributed by atoms with van der Waals surface area (Å²) in [6.45, 7) is 6.53. The van der Waals surface area contributed by atoms with Gasteiger partial charge in [0, 0.05) is 72.1 Å². The first-order valence-electron chi connectivity index (χ1n) is 7.92. The molecule has 1 saturated heterocycles. The van der Waals surface area contributed by atoms with Crippen LogP contribution in [0.3, 0.4) is 0 Å². The van der Waals surface area contributed by atoms with Crippen molar-refractivity contribution in [1.82, 2.24) is 12.7 Å². The van der Waals surface area contributed by atoms with E-state index in [1.807, 2.05) is 16.8 Å². The molecule has 0 unspecified atom stereocenters. The van der Waals surface area contributed by atoms with Crippen LogP contribution in [0.25, 0.3) is 16.8 Å². The minimum absolute atomic E-state index is 1.07. The molecule has 0 radical (unpaired) electrons. The summed E-state index contributed by atoms with van der Waals surface area (Å²) in [7, 11) is 0. The maximum Gasteiger partial charge on any atom is 0.0963 e. The first kappa shape index (κ1) is 15.0. The normalized spacial score (nSPS) is 16.2. The fraction of sp³-hybridized carbons (Fsp3) is 0.278. The maximum atomic E-state index is 4.77. The predicted molar refractivity (Wildman–Crippen MR) is 103 cm³/mol. The maximum absolute atomic E-state index is 4.77. The molecule has 0 saturated carbocycles. The Labute approximate surface area is 150 Å². The van der Waals surface area contributed by atoms with Gasteiger partial charge in [-0.15, -0.1) is 0 Å². The zero-order chi connectivity index (χ0) is 15.8. The zero-order valence-electron chi connectivity index (χ0n) is 13.1. The second-order valence-electron chi connectivity index (χ2n) is 5.95. The number of pyridine rings is 1. The molecule has 1 fully saturated rings. The van der Waals surface area contributed by atoms with Gasteiger partial charge in [0.1, 0.15) is 0 Å². The van der Waals surface area contributed by atoms with Gasteiger partial charge in [-0.2, -0.15) is 5.10 Å². The van der Waals surface area contributed by atoms with Crippen molar-refractivity contribution in [2.45, 2.75) is 6.92 Å². The highest BCUT2D eigenvalue weighted by Gasteiger charge is 2.17. The highest BCUT2D eigenvalue weighted by atomic mass is 127. The van der Waals surface area contributed by atoms with Crippen LogP contribution >= 0.6 is 22.9 Å². The lowest BCUT2D eigenvalue weighted by Gasteiger charge is -2.33. The van der Waals surface area contributed by atoms with E-state index < -0.39 is 0 Å². The topological polar surface area (TPSA) is 23.8 Å². The van der Waals surface area contributed by atoms with Gasteiger partial charge >= 0.3 is 0 Å². The number of fused-ring (bicyclic) bond motifs is 1. The van der Waals surface area contributed by atoms with E-state index in [1.54, 1.807) is 0 Å². The van der Waals surface area contributed by atoms with Crippen molar-refractivity contribution in [1.29, 1.82) is 0 Å². The zero-order valence-corrected chi connectivity index (χ0v) is 15.3. The fourth-order valence-corrected chi connectivity index (χ4v) is 3.62. The Bertz CT molecular complexity index is 834. The summed E-state index contributed by atoms with van der Waals surface area (Å²) in [5, 5.41) is 4.77. The van der Waals surface area contributed by atoms with Crippen LogP contribution in [0, 0.1) is 6.92 Å². The molecule has 4 nitrogen and oxygen atoms in total. The van der Waals surface area contributed by atoms with Crippen LogP contribution in [0.15, 0.2) is 48.7 Å². The number of hydrogen-bond acceptors (Lipinski definition) is 3. The third-order valence-corrected chi connectivity index (χ3v) is 5.46. The molecule has 0 bridgehead atoms. The summed E-state index contributed by atoms with van der Waals surface area (Å²) in [5.41, 5.74) is 5.97. The molecule has 0 atom stereocenters. The molecule has 0 spiro atoms. The minimum atomic E-state index is 1.07. The summed E-state index contributed by atoms with van der Waals surface area (Å²) in [4.78, 5) is 2.46. The summed E-state index contributed by atoms with van der Waals surface area (Å²) in [5.74, 6) is 0. The molecule has 0 amide bonds. The SMILES string of the molecule is Cc1c(-c2cccc(N3CCN(I)CC3)c2)nn2ccccc12. The van der Waals surface area contributed by atoms with Crippen molar-refractivity contribution >= 4 is 34.1 Å². The Morgan fingerprint density at radius 3 is 2.61 bits per heavy atom. The lowest BCUT2D eigenvalue weighted by Crippen LogP contribution is -2.42. The molecule has 1 aliphatic heterocycles. The van der Waals surface area contributed by atoms with Crippen LogP contribution in [-0.2, 0) is 0 Å². The molecule has 0 N–H and O–H groups in total. The van der Waals surface area contributed by atoms with Crippen molar-refractivity contribution in [2.24, 2.45) is 0 Å². The second-order valence-corrected chi connectivity index (χ2v) is 7.32. The summed E-state index contributed by atoms with van der Waals surface area (Å²) >= 11 is 2.41. The van der Waals surface area contributed by atoms with Crippen LogP contribution in [-0.4, -0.2) is 38.9 Å². The highest BCUT2D eigenvalue weighted by molar-refractivity contribution is 14.1. The third kappa shape index (κ3) is 2.83. The van der Waals surface area contributed by atoms with E-state index in [4.69, 9.17) is 5.10 Å². The van der Waals surface area contributed by atoms with E-state index in [0.717, 1.165) is 31.9 Å². The van der Waals surface area contributed by atoms with Crippen LogP contribution in [0.1, 0.15) is 5.56 Å². The molecule has 0 aliphatic carbocycles. The Morgan fingerprint density at radius 1 is 1.00 bits per heavy atom. The second kappa shape index (κ2) is 6.13. The van der Waals surface area contributed by atoms with Gasteiger partial charge in [0.25, 0.3) is 0 Å². The van der Waals surface area contributed by atoms with Crippen molar-refractivity contribution in [3.05, 3.63) is 54.2 Å². The number of aryl methyl sites for hydroxylation is 1. The fourth-order valence-electron chi connectivity index (χ4n) is 3.19. The van der Waals surface area contributed by atoms with Gasteiger partial charge in [0.05, 0.1) is 11.2 Å². The van der Waals surface area contributed by atoms with Gasteiger partial charge < -0.3 is 4.90 Å². The molecular weight excluding hydrogens is 399 g/mol. The average molecular weight is 418 g/mol. The van der Waals surface area contributed by atoms with E-state index >= 15 is 0 Å². The van der Waals surface area contributed by atoms with Gasteiger partial charge in [-0.1, -0.05) is 18.2 Å². The number of anilines is 1. The molecule has 4 rings (SSSR count). The van der Waals surface area contributed by atoms with Gasteiger partial charge in [-0.25, -0.2) is 7.63 Å². The Balaban J connectivity index is 1.71. The Morgan fingerprint density at radius 2 is 1.83 bits per heavy atom. The lowest BCUT2D eigenvalue weighted by molar-refractivity contribution is 0.460. The van der Waals surface area contributed by atoms with Crippen molar-refractivity contribution in [2.75, 3.05) is 31.1 Å². The number of piperazine rings is 1. The van der Waals surface area contributed by atoms with Crippen LogP contribution in [0.4, 0.5) is 5.69 Å². The number of aromatic nitrogens is 2. The largest absolute Gasteiger partial charge is 0.369 e. The molecule has 3 heterocycles. The number of nitrogens with zero attached hydrogens (tertiary/aromatic N) is 4. The molecule has 118 valence electrons. The van der Waals surface area contributed by atoms with Crippen LogP contribution < -0.4 is 4.90 Å². The van der Waals surface area contributed by atoms with Gasteiger partial charge in [0.2, 0.25) is 0 Å². The first-order chi connectivity index (χ1) is 11.2. The standard InChI is InChI=1S/C18H19IN4/c1-14-17-7-2-3-8-23(17)20-18(14)15-5-4-6-16(13-15)21-9-11-22(19)12-10-21/h2-8,13H,9-12H2,1H3. The third-order valence-electron chi connectivity index (χ3n) is 4.50. The quantitative estimate of drug-likeness (QED) is 0.468. The number of benzene rings is 1. The van der Waals surface area contributed by atoms with Crippen LogP contribution in [0.5, 0.6) is 0 Å². The number of hydrogen-bond donors (Lipinski definition) is 0. The molecule has 1 aromatic carbocycles. The van der Waals surface area contributed by atoms with Crippen LogP contribution in [0.2, 0.25) is 0 Å². The monoisotopic (exact) mass is 418 g/mol. The summed E-state index contributed by atoms with van der Waals surface area (Å²) in [6, 6.07) is 15.0. The van der Waals surface area contributed by atoms with E-state index in [1.165, 1.54) is 22.3 Å². The first-order valence-corrected chi connectivity index (χ1v) is 8.89. The van der Waals surface area contributed by atoms with Crippen molar-refractivity contribution < 1.29 is 0 Å². The highest BCUT2D eigenvalue weighted by Crippen LogP contribution is 2.29. The number of halogens is 1. The number of rotatable bonds is 2. The predicted octanol–water partition coefficient (Wildman–Crippen LogP) is 3.78. The molecular formula is C18H19IN4. The van der Waals surface area contributed by atoms with Gasteiger partial charge in [-0.05, 0) is 31.2 Å². The molecule has 3 aromatic rings. The summed E-state index contributed by atoms with van der Waals surface area (Å²) in [6.07, 6.45) is 2.01. The minimum Gasteiger partial charge on any atom is -0.369 e. The summed E-state index contributed by atoms with van der Waals surface area (Å²) < 4.78 is 4.32.